The first kappa shape index (κ1) is 18.4. The Bertz CT molecular complexity index is 703. The summed E-state index contributed by atoms with van der Waals surface area (Å²) in [6, 6.07) is 16.1. The summed E-state index contributed by atoms with van der Waals surface area (Å²) < 4.78 is 12.1. The van der Waals surface area contributed by atoms with E-state index in [4.69, 9.17) is 0 Å². The zero-order valence-electron chi connectivity index (χ0n) is 13.9. The number of rotatable bonds is 7. The van der Waals surface area contributed by atoms with E-state index < -0.39 is 22.9 Å². The average molecular weight is 345 g/mol. The molecule has 0 saturated carbocycles. The quantitative estimate of drug-likeness (QED) is 0.810. The maximum Gasteiger partial charge on any atom is 0.252 e. The van der Waals surface area contributed by atoms with Gasteiger partial charge in [0.2, 0.25) is 0 Å². The summed E-state index contributed by atoms with van der Waals surface area (Å²) in [5, 5.41) is 13.1. The molecule has 0 radical (unpaired) electrons. The van der Waals surface area contributed by atoms with Crippen molar-refractivity contribution in [2.75, 3.05) is 5.75 Å². The SMILES string of the molecule is CCS(=O)c1ccccc1C(=O)NC(C)C(O)Cc1ccccc1. The molecule has 0 saturated heterocycles. The van der Waals surface area contributed by atoms with Crippen molar-refractivity contribution in [3.63, 3.8) is 0 Å². The Hall–Kier alpha value is -1.98. The van der Waals surface area contributed by atoms with Gasteiger partial charge >= 0.3 is 0 Å². The summed E-state index contributed by atoms with van der Waals surface area (Å²) in [7, 11) is -1.20. The molecule has 24 heavy (non-hydrogen) atoms. The lowest BCUT2D eigenvalue weighted by atomic mass is 10.0. The molecule has 5 heteroatoms. The van der Waals surface area contributed by atoms with Crippen LogP contribution in [0.3, 0.4) is 0 Å². The van der Waals surface area contributed by atoms with Crippen LogP contribution >= 0.6 is 0 Å². The number of benzene rings is 2. The van der Waals surface area contributed by atoms with Crippen molar-refractivity contribution in [1.29, 1.82) is 0 Å². The minimum Gasteiger partial charge on any atom is -0.391 e. The number of carbonyl (C=O) groups is 1. The average Bonchev–Trinajstić information content (AvgIpc) is 2.61. The van der Waals surface area contributed by atoms with E-state index in [1.165, 1.54) is 0 Å². The Labute approximate surface area is 145 Å². The molecule has 0 bridgehead atoms. The third-order valence-electron chi connectivity index (χ3n) is 3.86. The van der Waals surface area contributed by atoms with Gasteiger partial charge in [-0.1, -0.05) is 49.4 Å². The van der Waals surface area contributed by atoms with Crippen molar-refractivity contribution in [3.8, 4) is 0 Å². The molecule has 0 aliphatic rings. The Balaban J connectivity index is 2.05. The highest BCUT2D eigenvalue weighted by atomic mass is 32.2. The second-order valence-corrected chi connectivity index (χ2v) is 7.36. The fourth-order valence-corrected chi connectivity index (χ4v) is 3.37. The van der Waals surface area contributed by atoms with Crippen LogP contribution < -0.4 is 5.32 Å². The van der Waals surface area contributed by atoms with Crippen molar-refractivity contribution < 1.29 is 14.1 Å². The highest BCUT2D eigenvalue weighted by Gasteiger charge is 2.20. The fourth-order valence-electron chi connectivity index (χ4n) is 2.42. The van der Waals surface area contributed by atoms with Crippen LogP contribution in [0.5, 0.6) is 0 Å². The number of amides is 1. The van der Waals surface area contributed by atoms with Gasteiger partial charge in [0, 0.05) is 12.2 Å². The minimum absolute atomic E-state index is 0.313. The Morgan fingerprint density at radius 2 is 1.75 bits per heavy atom. The summed E-state index contributed by atoms with van der Waals surface area (Å²) in [6.07, 6.45) is -0.231. The maximum atomic E-state index is 12.5. The van der Waals surface area contributed by atoms with E-state index in [2.05, 4.69) is 5.32 Å². The van der Waals surface area contributed by atoms with Crippen molar-refractivity contribution in [1.82, 2.24) is 5.32 Å². The first-order valence-electron chi connectivity index (χ1n) is 8.03. The van der Waals surface area contributed by atoms with E-state index in [0.29, 0.717) is 22.6 Å². The molecule has 0 fully saturated rings. The third kappa shape index (κ3) is 4.76. The van der Waals surface area contributed by atoms with E-state index >= 15 is 0 Å². The minimum atomic E-state index is -1.20. The second-order valence-electron chi connectivity index (χ2n) is 5.65. The molecule has 0 heterocycles. The van der Waals surface area contributed by atoms with Crippen LogP contribution in [0.25, 0.3) is 0 Å². The number of carbonyl (C=O) groups excluding carboxylic acids is 1. The molecule has 2 aromatic carbocycles. The molecule has 2 aromatic rings. The monoisotopic (exact) mass is 345 g/mol. The maximum absolute atomic E-state index is 12.5. The van der Waals surface area contributed by atoms with Gasteiger partial charge in [-0.05, 0) is 24.6 Å². The van der Waals surface area contributed by atoms with Gasteiger partial charge in [-0.3, -0.25) is 9.00 Å². The number of nitrogens with one attached hydrogen (secondary N) is 1. The van der Waals surface area contributed by atoms with Gasteiger partial charge in [0.15, 0.2) is 0 Å². The molecule has 2 N–H and O–H groups in total. The van der Waals surface area contributed by atoms with Crippen LogP contribution in [0.1, 0.15) is 29.8 Å². The van der Waals surface area contributed by atoms with Crippen LogP contribution in [0.15, 0.2) is 59.5 Å². The van der Waals surface area contributed by atoms with Crippen molar-refractivity contribution in [3.05, 3.63) is 65.7 Å². The summed E-state index contributed by atoms with van der Waals surface area (Å²) in [5.74, 6) is 0.142. The van der Waals surface area contributed by atoms with E-state index in [9.17, 15) is 14.1 Å². The molecule has 2 rings (SSSR count). The smallest absolute Gasteiger partial charge is 0.252 e. The lowest BCUT2D eigenvalue weighted by Crippen LogP contribution is -2.42. The van der Waals surface area contributed by atoms with Gasteiger partial charge in [-0.25, -0.2) is 0 Å². The van der Waals surface area contributed by atoms with E-state index in [0.717, 1.165) is 5.56 Å². The molecule has 4 nitrogen and oxygen atoms in total. The number of aliphatic hydroxyl groups excluding tert-OH is 1. The van der Waals surface area contributed by atoms with Gasteiger partial charge < -0.3 is 10.4 Å². The van der Waals surface area contributed by atoms with Crippen molar-refractivity contribution >= 4 is 16.7 Å². The van der Waals surface area contributed by atoms with Crippen LogP contribution in [0, 0.1) is 0 Å². The first-order chi connectivity index (χ1) is 11.5. The molecule has 1 amide bonds. The largest absolute Gasteiger partial charge is 0.391 e. The van der Waals surface area contributed by atoms with Crippen molar-refractivity contribution in [2.45, 2.75) is 37.3 Å². The lowest BCUT2D eigenvalue weighted by molar-refractivity contribution is 0.0849. The van der Waals surface area contributed by atoms with Gasteiger partial charge in [0.25, 0.3) is 5.91 Å². The fraction of sp³-hybridized carbons (Fsp3) is 0.316. The highest BCUT2D eigenvalue weighted by molar-refractivity contribution is 7.85. The van der Waals surface area contributed by atoms with E-state index in [1.807, 2.05) is 37.3 Å². The number of hydrogen-bond acceptors (Lipinski definition) is 3. The van der Waals surface area contributed by atoms with Gasteiger partial charge in [0.1, 0.15) is 0 Å². The summed E-state index contributed by atoms with van der Waals surface area (Å²) in [6.45, 7) is 3.59. The van der Waals surface area contributed by atoms with Crippen LogP contribution in [-0.2, 0) is 17.2 Å². The lowest BCUT2D eigenvalue weighted by Gasteiger charge is -2.21. The van der Waals surface area contributed by atoms with Crippen LogP contribution in [0.4, 0.5) is 0 Å². The molecular weight excluding hydrogens is 322 g/mol. The number of aliphatic hydroxyl groups is 1. The summed E-state index contributed by atoms with van der Waals surface area (Å²) >= 11 is 0. The molecule has 3 atom stereocenters. The Morgan fingerprint density at radius 1 is 1.12 bits per heavy atom. The molecule has 0 spiro atoms. The van der Waals surface area contributed by atoms with E-state index in [1.54, 1.807) is 31.2 Å². The Morgan fingerprint density at radius 3 is 2.42 bits per heavy atom. The van der Waals surface area contributed by atoms with Gasteiger partial charge in [-0.15, -0.1) is 0 Å². The zero-order valence-corrected chi connectivity index (χ0v) is 14.8. The van der Waals surface area contributed by atoms with E-state index in [-0.39, 0.29) is 5.91 Å². The zero-order chi connectivity index (χ0) is 17.5. The summed E-state index contributed by atoms with van der Waals surface area (Å²) in [5.41, 5.74) is 1.41. The molecule has 0 aromatic heterocycles. The van der Waals surface area contributed by atoms with Crippen molar-refractivity contribution in [2.24, 2.45) is 0 Å². The summed E-state index contributed by atoms with van der Waals surface area (Å²) in [4.78, 5) is 13.0. The molecule has 0 aliphatic carbocycles. The standard InChI is InChI=1S/C19H23NO3S/c1-3-24(23)18-12-8-7-11-16(18)19(22)20-14(2)17(21)13-15-9-5-4-6-10-15/h4-12,14,17,21H,3,13H2,1-2H3,(H,20,22). The van der Waals surface area contributed by atoms with Gasteiger partial charge in [-0.2, -0.15) is 0 Å². The normalized spacial score (nSPS) is 14.6. The molecule has 128 valence electrons. The second kappa shape index (κ2) is 8.76. The predicted molar refractivity (Wildman–Crippen MR) is 96.5 cm³/mol. The molecule has 0 aliphatic heterocycles. The molecule has 3 unspecified atom stereocenters. The molecular formula is C19H23NO3S. The third-order valence-corrected chi connectivity index (χ3v) is 5.23. The van der Waals surface area contributed by atoms with Crippen LogP contribution in [-0.4, -0.2) is 33.1 Å². The topological polar surface area (TPSA) is 66.4 Å². The Kier molecular flexibility index (Phi) is 6.70. The van der Waals surface area contributed by atoms with Crippen LogP contribution in [0.2, 0.25) is 0 Å². The highest BCUT2D eigenvalue weighted by Crippen LogP contribution is 2.14. The first-order valence-corrected chi connectivity index (χ1v) is 9.35. The van der Waals surface area contributed by atoms with Gasteiger partial charge in [0.05, 0.1) is 33.4 Å². The number of hydrogen-bond donors (Lipinski definition) is 2. The predicted octanol–water partition coefficient (Wildman–Crippen LogP) is 2.54.